The first-order valence-corrected chi connectivity index (χ1v) is 8.74. The van der Waals surface area contributed by atoms with Crippen molar-refractivity contribution in [3.63, 3.8) is 0 Å². The zero-order valence-electron chi connectivity index (χ0n) is 12.3. The normalized spacial score (nSPS) is 14.0. The molecule has 0 heterocycles. The van der Waals surface area contributed by atoms with Crippen molar-refractivity contribution in [1.29, 1.82) is 5.26 Å². The van der Waals surface area contributed by atoms with E-state index in [0.29, 0.717) is 12.8 Å². The number of amides is 1. The topological polar surface area (TPSA) is 87.0 Å². The highest BCUT2D eigenvalue weighted by Gasteiger charge is 2.26. The van der Waals surface area contributed by atoms with Crippen LogP contribution in [0, 0.1) is 11.3 Å². The van der Waals surface area contributed by atoms with Crippen molar-refractivity contribution in [3.8, 4) is 6.07 Å². The summed E-state index contributed by atoms with van der Waals surface area (Å²) >= 11 is 0. The van der Waals surface area contributed by atoms with E-state index in [-0.39, 0.29) is 12.2 Å². The second-order valence-electron chi connectivity index (χ2n) is 5.36. The summed E-state index contributed by atoms with van der Waals surface area (Å²) in [6.45, 7) is 1.65. The van der Waals surface area contributed by atoms with Gasteiger partial charge in [-0.1, -0.05) is 30.3 Å². The van der Waals surface area contributed by atoms with Crippen LogP contribution in [-0.4, -0.2) is 31.9 Å². The fraction of sp³-hybridized carbons (Fsp3) is 0.467. The lowest BCUT2D eigenvalue weighted by Gasteiger charge is -2.23. The molecule has 0 saturated heterocycles. The van der Waals surface area contributed by atoms with Gasteiger partial charge in [-0.3, -0.25) is 4.79 Å². The predicted molar refractivity (Wildman–Crippen MR) is 81.3 cm³/mol. The monoisotopic (exact) mass is 308 g/mol. The Balaban J connectivity index is 2.56. The van der Waals surface area contributed by atoms with Crippen LogP contribution in [0.5, 0.6) is 0 Å². The molecule has 0 radical (unpaired) electrons. The van der Waals surface area contributed by atoms with Crippen LogP contribution in [0.1, 0.15) is 25.3 Å². The van der Waals surface area contributed by atoms with Crippen LogP contribution in [-0.2, 0) is 21.1 Å². The van der Waals surface area contributed by atoms with E-state index in [1.165, 1.54) is 0 Å². The highest BCUT2D eigenvalue weighted by Crippen LogP contribution is 2.14. The fourth-order valence-electron chi connectivity index (χ4n) is 1.83. The largest absolute Gasteiger partial charge is 0.338 e. The zero-order chi connectivity index (χ0) is 15.9. The lowest BCUT2D eigenvalue weighted by molar-refractivity contribution is -0.121. The molecule has 1 aromatic rings. The van der Waals surface area contributed by atoms with E-state index in [1.807, 2.05) is 30.3 Å². The summed E-state index contributed by atoms with van der Waals surface area (Å²) < 4.78 is 22.1. The molecule has 6 heteroatoms. The van der Waals surface area contributed by atoms with Gasteiger partial charge >= 0.3 is 0 Å². The number of rotatable bonds is 7. The molecular formula is C15H20N2O3S. The Labute approximate surface area is 125 Å². The fourth-order valence-corrected chi connectivity index (χ4v) is 2.39. The molecule has 5 nitrogen and oxygen atoms in total. The van der Waals surface area contributed by atoms with E-state index in [0.717, 1.165) is 11.8 Å². The summed E-state index contributed by atoms with van der Waals surface area (Å²) in [4.78, 5) is 11.7. The molecule has 0 unspecified atom stereocenters. The molecule has 0 aliphatic carbocycles. The predicted octanol–water partition coefficient (Wildman–Crippen LogP) is 1.45. The molecule has 0 bridgehead atoms. The lowest BCUT2D eigenvalue weighted by Crippen LogP contribution is -2.45. The highest BCUT2D eigenvalue weighted by atomic mass is 32.2. The van der Waals surface area contributed by atoms with Crippen molar-refractivity contribution in [2.24, 2.45) is 0 Å². The number of benzene rings is 1. The van der Waals surface area contributed by atoms with Crippen molar-refractivity contribution >= 4 is 15.7 Å². The van der Waals surface area contributed by atoms with E-state index < -0.39 is 21.3 Å². The standard InChI is InChI=1S/C15H20N2O3S/c1-15(12-16,10-8-13-6-4-3-5-7-13)17-14(18)9-11-21(2,19)20/h3-7H,8-11H2,1-2H3,(H,17,18)/t15-/m0/s1. The maximum Gasteiger partial charge on any atom is 0.222 e. The molecule has 0 aromatic heterocycles. The van der Waals surface area contributed by atoms with Crippen LogP contribution in [0.25, 0.3) is 0 Å². The van der Waals surface area contributed by atoms with E-state index in [1.54, 1.807) is 6.92 Å². The smallest absolute Gasteiger partial charge is 0.222 e. The van der Waals surface area contributed by atoms with Gasteiger partial charge in [0.05, 0.1) is 11.8 Å². The van der Waals surface area contributed by atoms with Crippen molar-refractivity contribution in [1.82, 2.24) is 5.32 Å². The Morgan fingerprint density at radius 2 is 1.95 bits per heavy atom. The van der Waals surface area contributed by atoms with Gasteiger partial charge in [0.2, 0.25) is 5.91 Å². The summed E-state index contributed by atoms with van der Waals surface area (Å²) in [5, 5.41) is 11.9. The molecule has 21 heavy (non-hydrogen) atoms. The van der Waals surface area contributed by atoms with Crippen molar-refractivity contribution < 1.29 is 13.2 Å². The van der Waals surface area contributed by atoms with Gasteiger partial charge in [-0.05, 0) is 25.3 Å². The molecule has 1 amide bonds. The van der Waals surface area contributed by atoms with Crippen LogP contribution in [0.2, 0.25) is 0 Å². The van der Waals surface area contributed by atoms with Crippen LogP contribution in [0.15, 0.2) is 30.3 Å². The van der Waals surface area contributed by atoms with Crippen molar-refractivity contribution in [3.05, 3.63) is 35.9 Å². The molecule has 1 aromatic carbocycles. The molecule has 1 atom stereocenters. The van der Waals surface area contributed by atoms with E-state index in [9.17, 15) is 18.5 Å². The zero-order valence-corrected chi connectivity index (χ0v) is 13.1. The first kappa shape index (κ1) is 17.2. The summed E-state index contributed by atoms with van der Waals surface area (Å²) in [5.74, 6) is -0.628. The lowest BCUT2D eigenvalue weighted by atomic mass is 9.94. The molecule has 0 saturated carbocycles. The number of sulfone groups is 1. The number of hydrogen-bond donors (Lipinski definition) is 1. The number of aryl methyl sites for hydroxylation is 1. The van der Waals surface area contributed by atoms with Gasteiger partial charge in [0, 0.05) is 12.7 Å². The Bertz CT molecular complexity index is 620. The Kier molecular flexibility index (Phi) is 5.91. The number of hydrogen-bond acceptors (Lipinski definition) is 4. The SMILES string of the molecule is C[C@@](C#N)(CCc1ccccc1)NC(=O)CCS(C)(=O)=O. The van der Waals surface area contributed by atoms with Gasteiger partial charge in [0.25, 0.3) is 0 Å². The van der Waals surface area contributed by atoms with Gasteiger partial charge in [-0.15, -0.1) is 0 Å². The third kappa shape index (κ3) is 6.91. The summed E-state index contributed by atoms with van der Waals surface area (Å²) in [5.41, 5.74) is 0.0918. The van der Waals surface area contributed by atoms with Gasteiger partial charge < -0.3 is 5.32 Å². The highest BCUT2D eigenvalue weighted by molar-refractivity contribution is 7.90. The average molecular weight is 308 g/mol. The van der Waals surface area contributed by atoms with E-state index in [4.69, 9.17) is 0 Å². The minimum atomic E-state index is -3.18. The summed E-state index contributed by atoms with van der Waals surface area (Å²) in [6.07, 6.45) is 2.09. The summed E-state index contributed by atoms with van der Waals surface area (Å²) in [6, 6.07) is 11.8. The average Bonchev–Trinajstić information content (AvgIpc) is 2.43. The van der Waals surface area contributed by atoms with Crippen LogP contribution >= 0.6 is 0 Å². The minimum Gasteiger partial charge on any atom is -0.338 e. The first-order chi connectivity index (χ1) is 9.74. The van der Waals surface area contributed by atoms with Crippen LogP contribution in [0.4, 0.5) is 0 Å². The number of carbonyl (C=O) groups excluding carboxylic acids is 1. The number of nitrogens with zero attached hydrogens (tertiary/aromatic N) is 1. The first-order valence-electron chi connectivity index (χ1n) is 6.68. The van der Waals surface area contributed by atoms with Gasteiger partial charge in [-0.25, -0.2) is 8.42 Å². The second kappa shape index (κ2) is 7.23. The molecular weight excluding hydrogens is 288 g/mol. The van der Waals surface area contributed by atoms with Gasteiger partial charge in [0.1, 0.15) is 15.4 Å². The maximum atomic E-state index is 11.7. The Morgan fingerprint density at radius 1 is 1.33 bits per heavy atom. The molecule has 1 N–H and O–H groups in total. The van der Waals surface area contributed by atoms with E-state index >= 15 is 0 Å². The number of nitriles is 1. The van der Waals surface area contributed by atoms with Crippen molar-refractivity contribution in [2.75, 3.05) is 12.0 Å². The molecule has 0 aliphatic heterocycles. The molecule has 114 valence electrons. The van der Waals surface area contributed by atoms with Crippen LogP contribution in [0.3, 0.4) is 0 Å². The quantitative estimate of drug-likeness (QED) is 0.826. The Morgan fingerprint density at radius 3 is 2.48 bits per heavy atom. The molecule has 0 spiro atoms. The molecule has 0 fully saturated rings. The van der Waals surface area contributed by atoms with Crippen molar-refractivity contribution in [2.45, 2.75) is 31.7 Å². The van der Waals surface area contributed by atoms with Crippen LogP contribution < -0.4 is 5.32 Å². The minimum absolute atomic E-state index is 0.124. The maximum absolute atomic E-state index is 11.7. The number of carbonyl (C=O) groups is 1. The third-order valence-corrected chi connectivity index (χ3v) is 4.06. The van der Waals surface area contributed by atoms with E-state index in [2.05, 4.69) is 11.4 Å². The Hall–Kier alpha value is -1.87. The second-order valence-corrected chi connectivity index (χ2v) is 7.62. The number of nitrogens with one attached hydrogen (secondary N) is 1. The third-order valence-electron chi connectivity index (χ3n) is 3.12. The summed E-state index contributed by atoms with van der Waals surface area (Å²) in [7, 11) is -3.18. The van der Waals surface area contributed by atoms with Gasteiger partial charge in [-0.2, -0.15) is 5.26 Å². The molecule has 0 aliphatic rings. The molecule has 1 rings (SSSR count). The van der Waals surface area contributed by atoms with Gasteiger partial charge in [0.15, 0.2) is 0 Å².